The van der Waals surface area contributed by atoms with Crippen molar-refractivity contribution in [1.29, 1.82) is 0 Å². The molecular formula is C10H20N6O. The van der Waals surface area contributed by atoms with Gasteiger partial charge in [0.25, 0.3) is 0 Å². The molecule has 1 amide bonds. The summed E-state index contributed by atoms with van der Waals surface area (Å²) < 4.78 is 0. The van der Waals surface area contributed by atoms with Gasteiger partial charge in [0.15, 0.2) is 5.82 Å². The Morgan fingerprint density at radius 3 is 2.65 bits per heavy atom. The summed E-state index contributed by atoms with van der Waals surface area (Å²) in [6, 6.07) is -0.266. The van der Waals surface area contributed by atoms with Crippen LogP contribution >= 0.6 is 0 Å². The highest BCUT2D eigenvalue weighted by atomic mass is 16.2. The third-order valence-electron chi connectivity index (χ3n) is 2.19. The normalized spacial score (nSPS) is 12.8. The van der Waals surface area contributed by atoms with Crippen molar-refractivity contribution >= 4 is 5.91 Å². The Labute approximate surface area is 101 Å². The molecule has 0 bridgehead atoms. The van der Waals surface area contributed by atoms with Gasteiger partial charge in [0.05, 0.1) is 19.6 Å². The zero-order valence-electron chi connectivity index (χ0n) is 10.8. The van der Waals surface area contributed by atoms with Crippen LogP contribution in [0.25, 0.3) is 0 Å². The SMILES string of the molecule is CC(C)CNC(=O)C(C)NCc1nnn(C)n1. The second-order valence-electron chi connectivity index (χ2n) is 4.44. The minimum Gasteiger partial charge on any atom is -0.354 e. The number of carbonyl (C=O) groups excluding carboxylic acids is 1. The summed E-state index contributed by atoms with van der Waals surface area (Å²) in [4.78, 5) is 13.0. The van der Waals surface area contributed by atoms with Crippen molar-refractivity contribution in [1.82, 2.24) is 30.8 Å². The van der Waals surface area contributed by atoms with E-state index < -0.39 is 0 Å². The maximum atomic E-state index is 11.6. The zero-order valence-corrected chi connectivity index (χ0v) is 10.8. The monoisotopic (exact) mass is 240 g/mol. The fraction of sp³-hybridized carbons (Fsp3) is 0.800. The first kappa shape index (κ1) is 13.6. The first-order chi connectivity index (χ1) is 7.99. The number of amides is 1. The first-order valence-electron chi connectivity index (χ1n) is 5.73. The number of tetrazole rings is 1. The van der Waals surface area contributed by atoms with Crippen molar-refractivity contribution in [3.63, 3.8) is 0 Å². The molecule has 1 heterocycles. The molecule has 1 aromatic heterocycles. The molecule has 0 aromatic carbocycles. The predicted molar refractivity (Wildman–Crippen MR) is 62.9 cm³/mol. The lowest BCUT2D eigenvalue weighted by molar-refractivity contribution is -0.122. The smallest absolute Gasteiger partial charge is 0.236 e. The fourth-order valence-corrected chi connectivity index (χ4v) is 1.19. The largest absolute Gasteiger partial charge is 0.354 e. The summed E-state index contributed by atoms with van der Waals surface area (Å²) >= 11 is 0. The van der Waals surface area contributed by atoms with E-state index in [4.69, 9.17) is 0 Å². The summed E-state index contributed by atoms with van der Waals surface area (Å²) in [6.45, 7) is 7.05. The average molecular weight is 240 g/mol. The highest BCUT2D eigenvalue weighted by Gasteiger charge is 2.13. The molecule has 7 heteroatoms. The van der Waals surface area contributed by atoms with Crippen LogP contribution in [0.2, 0.25) is 0 Å². The molecule has 1 atom stereocenters. The molecule has 0 saturated heterocycles. The van der Waals surface area contributed by atoms with Crippen LogP contribution in [-0.4, -0.2) is 38.7 Å². The van der Waals surface area contributed by atoms with Gasteiger partial charge >= 0.3 is 0 Å². The molecule has 96 valence electrons. The number of rotatable bonds is 6. The van der Waals surface area contributed by atoms with Crippen LogP contribution in [0.3, 0.4) is 0 Å². The maximum absolute atomic E-state index is 11.6. The molecule has 0 aliphatic heterocycles. The Morgan fingerprint density at radius 2 is 2.12 bits per heavy atom. The van der Waals surface area contributed by atoms with Gasteiger partial charge in [-0.25, -0.2) is 0 Å². The Morgan fingerprint density at radius 1 is 1.41 bits per heavy atom. The molecule has 0 saturated carbocycles. The third-order valence-corrected chi connectivity index (χ3v) is 2.19. The van der Waals surface area contributed by atoms with E-state index in [1.807, 2.05) is 6.92 Å². The van der Waals surface area contributed by atoms with Gasteiger partial charge in [-0.2, -0.15) is 4.80 Å². The van der Waals surface area contributed by atoms with Crippen molar-refractivity contribution in [3.8, 4) is 0 Å². The number of carbonyl (C=O) groups is 1. The molecule has 17 heavy (non-hydrogen) atoms. The molecule has 1 unspecified atom stereocenters. The van der Waals surface area contributed by atoms with E-state index in [0.29, 0.717) is 24.8 Å². The molecule has 7 nitrogen and oxygen atoms in total. The van der Waals surface area contributed by atoms with Crippen molar-refractivity contribution in [3.05, 3.63) is 5.82 Å². The van der Waals surface area contributed by atoms with Gasteiger partial charge in [0.2, 0.25) is 5.91 Å². The van der Waals surface area contributed by atoms with Gasteiger partial charge in [0, 0.05) is 6.54 Å². The molecule has 0 aliphatic rings. The van der Waals surface area contributed by atoms with Gasteiger partial charge in [-0.3, -0.25) is 10.1 Å². The molecule has 0 radical (unpaired) electrons. The predicted octanol–water partition coefficient (Wildman–Crippen LogP) is -0.540. The molecular weight excluding hydrogens is 220 g/mol. The number of aryl methyl sites for hydroxylation is 1. The molecule has 1 rings (SSSR count). The topological polar surface area (TPSA) is 84.7 Å². The number of hydrogen-bond donors (Lipinski definition) is 2. The van der Waals surface area contributed by atoms with Gasteiger partial charge in [-0.05, 0) is 18.1 Å². The number of nitrogens with zero attached hydrogens (tertiary/aromatic N) is 4. The summed E-state index contributed by atoms with van der Waals surface area (Å²) in [5.41, 5.74) is 0. The summed E-state index contributed by atoms with van der Waals surface area (Å²) in [5.74, 6) is 1.02. The van der Waals surface area contributed by atoms with Crippen LogP contribution < -0.4 is 10.6 Å². The standard InChI is InChI=1S/C10H20N6O/c1-7(2)5-12-10(17)8(3)11-6-9-13-15-16(4)14-9/h7-8,11H,5-6H2,1-4H3,(H,12,17). The lowest BCUT2D eigenvalue weighted by Gasteiger charge is -2.13. The van der Waals surface area contributed by atoms with E-state index >= 15 is 0 Å². The lowest BCUT2D eigenvalue weighted by Crippen LogP contribution is -2.43. The van der Waals surface area contributed by atoms with Crippen LogP contribution in [0.15, 0.2) is 0 Å². The van der Waals surface area contributed by atoms with Crippen molar-refractivity contribution < 1.29 is 4.79 Å². The van der Waals surface area contributed by atoms with E-state index in [9.17, 15) is 4.79 Å². The summed E-state index contributed by atoms with van der Waals surface area (Å²) in [5, 5.41) is 17.5. The van der Waals surface area contributed by atoms with Crippen LogP contribution in [0.4, 0.5) is 0 Å². The highest BCUT2D eigenvalue weighted by Crippen LogP contribution is 1.91. The second-order valence-corrected chi connectivity index (χ2v) is 4.44. The Hall–Kier alpha value is -1.50. The minimum atomic E-state index is -0.266. The van der Waals surface area contributed by atoms with E-state index in [0.717, 1.165) is 0 Å². The van der Waals surface area contributed by atoms with Gasteiger partial charge in [0.1, 0.15) is 0 Å². The highest BCUT2D eigenvalue weighted by molar-refractivity contribution is 5.81. The summed E-state index contributed by atoms with van der Waals surface area (Å²) in [6.07, 6.45) is 0. The van der Waals surface area contributed by atoms with Gasteiger partial charge in [-0.1, -0.05) is 13.8 Å². The molecule has 2 N–H and O–H groups in total. The molecule has 0 spiro atoms. The van der Waals surface area contributed by atoms with Crippen LogP contribution in [-0.2, 0) is 18.4 Å². The second kappa shape index (κ2) is 6.29. The van der Waals surface area contributed by atoms with Crippen molar-refractivity contribution in [2.45, 2.75) is 33.4 Å². The summed E-state index contributed by atoms with van der Waals surface area (Å²) in [7, 11) is 1.70. The molecule has 0 aliphatic carbocycles. The van der Waals surface area contributed by atoms with Crippen molar-refractivity contribution in [2.75, 3.05) is 6.54 Å². The number of hydrogen-bond acceptors (Lipinski definition) is 5. The van der Waals surface area contributed by atoms with Crippen LogP contribution in [0, 0.1) is 5.92 Å². The van der Waals surface area contributed by atoms with E-state index in [1.165, 1.54) is 4.80 Å². The van der Waals surface area contributed by atoms with Gasteiger partial charge < -0.3 is 5.32 Å². The number of aromatic nitrogens is 4. The maximum Gasteiger partial charge on any atom is 0.236 e. The fourth-order valence-electron chi connectivity index (χ4n) is 1.19. The van der Waals surface area contributed by atoms with E-state index in [2.05, 4.69) is 39.9 Å². The molecule has 0 fully saturated rings. The van der Waals surface area contributed by atoms with Gasteiger partial charge in [-0.15, -0.1) is 10.2 Å². The van der Waals surface area contributed by atoms with Crippen molar-refractivity contribution in [2.24, 2.45) is 13.0 Å². The number of nitrogens with one attached hydrogen (secondary N) is 2. The Kier molecular flexibility index (Phi) is 5.02. The third kappa shape index (κ3) is 4.90. The van der Waals surface area contributed by atoms with Crippen LogP contribution in [0.1, 0.15) is 26.6 Å². The lowest BCUT2D eigenvalue weighted by atomic mass is 10.2. The zero-order chi connectivity index (χ0) is 12.8. The van der Waals surface area contributed by atoms with E-state index in [-0.39, 0.29) is 11.9 Å². The Balaban J connectivity index is 2.29. The van der Waals surface area contributed by atoms with Crippen LogP contribution in [0.5, 0.6) is 0 Å². The minimum absolute atomic E-state index is 0.0115. The first-order valence-corrected chi connectivity index (χ1v) is 5.73. The van der Waals surface area contributed by atoms with E-state index in [1.54, 1.807) is 7.05 Å². The average Bonchev–Trinajstić information content (AvgIpc) is 2.68. The molecule has 1 aromatic rings. The Bertz CT molecular complexity index is 361. The quantitative estimate of drug-likeness (QED) is 0.697.